The Hall–Kier alpha value is -3.62. The number of aryl methyl sites for hydroxylation is 1. The molecule has 2 unspecified atom stereocenters. The number of aromatic nitrogens is 1. The second kappa shape index (κ2) is 15.2. The topological polar surface area (TPSA) is 90.0 Å². The minimum Gasteiger partial charge on any atom is -0.494 e. The van der Waals surface area contributed by atoms with Crippen LogP contribution >= 0.6 is 11.6 Å². The van der Waals surface area contributed by atoms with Gasteiger partial charge in [-0.25, -0.2) is 4.98 Å². The third kappa shape index (κ3) is 8.27. The van der Waals surface area contributed by atoms with Crippen molar-refractivity contribution >= 4 is 23.5 Å². The number of nitrogens with zero attached hydrogens (tertiary/aromatic N) is 2. The van der Waals surface area contributed by atoms with Crippen molar-refractivity contribution in [3.63, 3.8) is 0 Å². The van der Waals surface area contributed by atoms with Crippen molar-refractivity contribution in [3.8, 4) is 33.9 Å². The zero-order valence-corrected chi connectivity index (χ0v) is 26.5. The Labute approximate surface area is 259 Å². The highest BCUT2D eigenvalue weighted by Gasteiger charge is 2.33. The smallest absolute Gasteiger partial charge is 0.310 e. The summed E-state index contributed by atoms with van der Waals surface area (Å²) in [6, 6.07) is 14.9. The van der Waals surface area contributed by atoms with Crippen LogP contribution in [0, 0.1) is 12.8 Å². The summed E-state index contributed by atoms with van der Waals surface area (Å²) in [6.07, 6.45) is 4.12. The molecule has 1 aliphatic rings. The van der Waals surface area contributed by atoms with E-state index in [1.807, 2.05) is 64.3 Å². The van der Waals surface area contributed by atoms with Crippen LogP contribution < -0.4 is 14.8 Å². The fourth-order valence-corrected chi connectivity index (χ4v) is 5.65. The molecule has 4 rings (SSSR count). The van der Waals surface area contributed by atoms with E-state index < -0.39 is 0 Å². The van der Waals surface area contributed by atoms with Gasteiger partial charge in [0.15, 0.2) is 0 Å². The van der Waals surface area contributed by atoms with Crippen LogP contribution in [0.1, 0.15) is 55.1 Å². The van der Waals surface area contributed by atoms with Gasteiger partial charge in [-0.1, -0.05) is 36.6 Å². The monoisotopic (exact) mass is 607 g/mol. The first-order valence-electron chi connectivity index (χ1n) is 14.9. The molecule has 0 bridgehead atoms. The molecule has 8 nitrogen and oxygen atoms in total. The van der Waals surface area contributed by atoms with E-state index in [1.54, 1.807) is 12.1 Å². The van der Waals surface area contributed by atoms with E-state index in [4.69, 9.17) is 30.8 Å². The molecule has 0 aliphatic heterocycles. The van der Waals surface area contributed by atoms with Crippen molar-refractivity contribution in [2.75, 3.05) is 41.0 Å². The van der Waals surface area contributed by atoms with Gasteiger partial charge in [0.2, 0.25) is 0 Å². The molecule has 2 atom stereocenters. The zero-order valence-electron chi connectivity index (χ0n) is 25.7. The van der Waals surface area contributed by atoms with Gasteiger partial charge in [0.25, 0.3) is 5.91 Å². The lowest BCUT2D eigenvalue weighted by atomic mass is 9.84. The van der Waals surface area contributed by atoms with E-state index in [-0.39, 0.29) is 29.5 Å². The van der Waals surface area contributed by atoms with Crippen LogP contribution in [-0.4, -0.2) is 68.8 Å². The molecule has 1 saturated carbocycles. The summed E-state index contributed by atoms with van der Waals surface area (Å²) in [7, 11) is 5.43. The number of pyridine rings is 1. The molecule has 9 heteroatoms. The SMILES string of the molecule is CCOc1ccc(C)c(-c2ccc(C(=O)NC3CCCCC3C(=O)OC)nc2-c2ccc(Cl)c(OCCCN(C)C)c2)c1. The third-order valence-corrected chi connectivity index (χ3v) is 8.05. The number of nitrogens with one attached hydrogen (secondary N) is 1. The summed E-state index contributed by atoms with van der Waals surface area (Å²) >= 11 is 6.53. The van der Waals surface area contributed by atoms with Crippen LogP contribution in [0.4, 0.5) is 0 Å². The van der Waals surface area contributed by atoms with E-state index in [1.165, 1.54) is 7.11 Å². The summed E-state index contributed by atoms with van der Waals surface area (Å²) < 4.78 is 16.9. The Morgan fingerprint density at radius 2 is 1.81 bits per heavy atom. The van der Waals surface area contributed by atoms with Crippen LogP contribution in [0.15, 0.2) is 48.5 Å². The maximum absolute atomic E-state index is 13.6. The van der Waals surface area contributed by atoms with Gasteiger partial charge in [0.05, 0.1) is 37.0 Å². The van der Waals surface area contributed by atoms with Gasteiger partial charge in [0, 0.05) is 23.7 Å². The maximum atomic E-state index is 13.6. The average Bonchev–Trinajstić information content (AvgIpc) is 3.00. The van der Waals surface area contributed by atoms with Gasteiger partial charge >= 0.3 is 5.97 Å². The van der Waals surface area contributed by atoms with Crippen LogP contribution in [-0.2, 0) is 9.53 Å². The molecule has 230 valence electrons. The van der Waals surface area contributed by atoms with Gasteiger partial charge in [0.1, 0.15) is 17.2 Å². The number of benzene rings is 2. The molecule has 1 aliphatic carbocycles. The number of halogens is 1. The van der Waals surface area contributed by atoms with Crippen molar-refractivity contribution in [1.82, 2.24) is 15.2 Å². The highest BCUT2D eigenvalue weighted by atomic mass is 35.5. The minimum absolute atomic E-state index is 0.259. The summed E-state index contributed by atoms with van der Waals surface area (Å²) in [5, 5.41) is 3.57. The van der Waals surface area contributed by atoms with Gasteiger partial charge in [-0.2, -0.15) is 0 Å². The van der Waals surface area contributed by atoms with Gasteiger partial charge < -0.3 is 24.4 Å². The van der Waals surface area contributed by atoms with Gasteiger partial charge in [-0.15, -0.1) is 0 Å². The average molecular weight is 608 g/mol. The van der Waals surface area contributed by atoms with Crippen LogP contribution in [0.5, 0.6) is 11.5 Å². The maximum Gasteiger partial charge on any atom is 0.310 e. The standard InChI is InChI=1S/C34H42ClN3O5/c1-6-42-24-14-12-22(2)27(21-24)25-15-17-30(33(39)37-29-11-8-7-10-26(29)34(40)41-5)36-32(25)23-13-16-28(35)31(20-23)43-19-9-18-38(3)4/h12-17,20-21,26,29H,6-11,18-19H2,1-5H3,(H,37,39). The lowest BCUT2D eigenvalue weighted by Gasteiger charge is -2.30. The molecular formula is C34H42ClN3O5. The predicted molar refractivity (Wildman–Crippen MR) is 170 cm³/mol. The lowest BCUT2D eigenvalue weighted by Crippen LogP contribution is -2.45. The van der Waals surface area contributed by atoms with E-state index >= 15 is 0 Å². The first-order valence-corrected chi connectivity index (χ1v) is 15.3. The van der Waals surface area contributed by atoms with E-state index in [0.29, 0.717) is 42.5 Å². The predicted octanol–water partition coefficient (Wildman–Crippen LogP) is 6.57. The van der Waals surface area contributed by atoms with Crippen LogP contribution in [0.25, 0.3) is 22.4 Å². The second-order valence-corrected chi connectivity index (χ2v) is 11.6. The summed E-state index contributed by atoms with van der Waals surface area (Å²) in [5.74, 6) is 0.320. The van der Waals surface area contributed by atoms with E-state index in [0.717, 1.165) is 53.8 Å². The molecule has 1 heterocycles. The molecule has 0 radical (unpaired) electrons. The highest BCUT2D eigenvalue weighted by Crippen LogP contribution is 2.38. The first-order chi connectivity index (χ1) is 20.7. The molecule has 43 heavy (non-hydrogen) atoms. The fourth-order valence-electron chi connectivity index (χ4n) is 5.47. The van der Waals surface area contributed by atoms with E-state index in [9.17, 15) is 9.59 Å². The highest BCUT2D eigenvalue weighted by molar-refractivity contribution is 6.32. The number of amides is 1. The van der Waals surface area contributed by atoms with Crippen molar-refractivity contribution in [2.45, 2.75) is 52.0 Å². The number of carbonyl (C=O) groups is 2. The molecule has 1 amide bonds. The molecular weight excluding hydrogens is 566 g/mol. The van der Waals surface area contributed by atoms with Crippen molar-refractivity contribution in [2.24, 2.45) is 5.92 Å². The molecule has 0 saturated heterocycles. The van der Waals surface area contributed by atoms with Crippen molar-refractivity contribution in [1.29, 1.82) is 0 Å². The first kappa shape index (κ1) is 32.3. The third-order valence-electron chi connectivity index (χ3n) is 7.74. The largest absolute Gasteiger partial charge is 0.494 e. The number of carbonyl (C=O) groups excluding carboxylic acids is 2. The fraction of sp³-hybridized carbons (Fsp3) is 0.441. The molecule has 3 aromatic rings. The lowest BCUT2D eigenvalue weighted by molar-refractivity contribution is -0.147. The summed E-state index contributed by atoms with van der Waals surface area (Å²) in [5.41, 5.74) is 4.48. The number of ether oxygens (including phenoxy) is 3. The Morgan fingerprint density at radius 3 is 2.56 bits per heavy atom. The van der Waals surface area contributed by atoms with Crippen LogP contribution in [0.2, 0.25) is 5.02 Å². The minimum atomic E-state index is -0.367. The normalized spacial score (nSPS) is 16.5. The van der Waals surface area contributed by atoms with Gasteiger partial charge in [-0.3, -0.25) is 9.59 Å². The van der Waals surface area contributed by atoms with Crippen LogP contribution in [0.3, 0.4) is 0 Å². The van der Waals surface area contributed by atoms with Gasteiger partial charge in [-0.05, 0) is 94.7 Å². The number of methoxy groups -OCH3 is 1. The molecule has 1 N–H and O–H groups in total. The number of hydrogen-bond acceptors (Lipinski definition) is 7. The Bertz CT molecular complexity index is 1430. The second-order valence-electron chi connectivity index (χ2n) is 11.1. The van der Waals surface area contributed by atoms with E-state index in [2.05, 4.69) is 10.2 Å². The summed E-state index contributed by atoms with van der Waals surface area (Å²) in [4.78, 5) is 33.0. The zero-order chi connectivity index (χ0) is 30.9. The number of rotatable bonds is 12. The number of esters is 1. The quantitative estimate of drug-likeness (QED) is 0.184. The Kier molecular flexibility index (Phi) is 11.4. The summed E-state index contributed by atoms with van der Waals surface area (Å²) in [6.45, 7) is 5.94. The Morgan fingerprint density at radius 1 is 1.02 bits per heavy atom. The molecule has 0 spiro atoms. The molecule has 1 aromatic heterocycles. The van der Waals surface area contributed by atoms with Crippen molar-refractivity contribution < 1.29 is 23.8 Å². The molecule has 1 fully saturated rings. The van der Waals surface area contributed by atoms with Crippen molar-refractivity contribution in [3.05, 3.63) is 64.8 Å². The Balaban J connectivity index is 1.73. The molecule has 2 aromatic carbocycles. The number of hydrogen-bond donors (Lipinski definition) is 1.